The number of aromatic nitrogens is 2. The molecular formula is C16H19N3O2. The highest BCUT2D eigenvalue weighted by Crippen LogP contribution is 2.25. The second kappa shape index (κ2) is 6.10. The summed E-state index contributed by atoms with van der Waals surface area (Å²) in [5, 5.41) is 12.4. The molecule has 0 radical (unpaired) electrons. The summed E-state index contributed by atoms with van der Waals surface area (Å²) in [6.45, 7) is 0.128. The second-order valence-corrected chi connectivity index (χ2v) is 5.44. The Hall–Kier alpha value is -2.14. The zero-order valence-electron chi connectivity index (χ0n) is 11.8. The van der Waals surface area contributed by atoms with Crippen molar-refractivity contribution in [1.29, 1.82) is 0 Å². The van der Waals surface area contributed by atoms with Crippen molar-refractivity contribution in [2.75, 3.05) is 6.61 Å². The van der Waals surface area contributed by atoms with E-state index in [2.05, 4.69) is 10.3 Å². The first kappa shape index (κ1) is 13.8. The van der Waals surface area contributed by atoms with E-state index in [1.54, 1.807) is 17.1 Å². The van der Waals surface area contributed by atoms with Gasteiger partial charge in [-0.3, -0.25) is 9.36 Å². The number of hydrogen-bond acceptors (Lipinski definition) is 3. The lowest BCUT2D eigenvalue weighted by molar-refractivity contribution is 0.0909. The normalized spacial score (nSPS) is 21.4. The van der Waals surface area contributed by atoms with E-state index in [1.165, 1.54) is 0 Å². The SMILES string of the molecule is O=C(NC1CCCC1CO)c1cncn1-c1ccccc1. The maximum Gasteiger partial charge on any atom is 0.270 e. The Morgan fingerprint density at radius 2 is 2.14 bits per heavy atom. The van der Waals surface area contributed by atoms with Gasteiger partial charge in [0.25, 0.3) is 5.91 Å². The first-order valence-electron chi connectivity index (χ1n) is 7.29. The first-order chi connectivity index (χ1) is 10.3. The predicted octanol–water partition coefficient (Wildman–Crippen LogP) is 1.76. The number of nitrogens with one attached hydrogen (secondary N) is 1. The summed E-state index contributed by atoms with van der Waals surface area (Å²) in [5.74, 6) is 0.0312. The Balaban J connectivity index is 1.78. The van der Waals surface area contributed by atoms with E-state index >= 15 is 0 Å². The van der Waals surface area contributed by atoms with Crippen LogP contribution in [-0.4, -0.2) is 33.2 Å². The molecule has 1 aliphatic carbocycles. The van der Waals surface area contributed by atoms with Crippen molar-refractivity contribution in [2.24, 2.45) is 5.92 Å². The molecule has 1 aromatic carbocycles. The minimum absolute atomic E-state index is 0.0571. The molecule has 1 heterocycles. The molecule has 5 nitrogen and oxygen atoms in total. The van der Waals surface area contributed by atoms with E-state index in [9.17, 15) is 9.90 Å². The summed E-state index contributed by atoms with van der Waals surface area (Å²) in [6.07, 6.45) is 6.16. The van der Waals surface area contributed by atoms with E-state index in [0.717, 1.165) is 24.9 Å². The highest BCUT2D eigenvalue weighted by molar-refractivity contribution is 5.93. The van der Waals surface area contributed by atoms with Gasteiger partial charge in [-0.15, -0.1) is 0 Å². The Labute approximate surface area is 123 Å². The summed E-state index contributed by atoms with van der Waals surface area (Å²) in [4.78, 5) is 16.5. The van der Waals surface area contributed by atoms with Gasteiger partial charge in [0, 0.05) is 24.3 Å². The number of aliphatic hydroxyl groups excluding tert-OH is 1. The quantitative estimate of drug-likeness (QED) is 0.899. The third kappa shape index (κ3) is 2.83. The van der Waals surface area contributed by atoms with E-state index in [-0.39, 0.29) is 24.5 Å². The topological polar surface area (TPSA) is 67.2 Å². The smallest absolute Gasteiger partial charge is 0.270 e. The standard InChI is InChI=1S/C16H19N3O2/c20-10-12-5-4-8-14(12)18-16(21)15-9-17-11-19(15)13-6-2-1-3-7-13/h1-3,6-7,9,11-12,14,20H,4-5,8,10H2,(H,18,21). The van der Waals surface area contributed by atoms with Crippen molar-refractivity contribution in [3.8, 4) is 5.69 Å². The molecule has 5 heteroatoms. The monoisotopic (exact) mass is 285 g/mol. The summed E-state index contributed by atoms with van der Waals surface area (Å²) in [5.41, 5.74) is 1.43. The van der Waals surface area contributed by atoms with Crippen LogP contribution in [0.5, 0.6) is 0 Å². The van der Waals surface area contributed by atoms with Gasteiger partial charge in [-0.05, 0) is 25.0 Å². The number of aliphatic hydroxyl groups is 1. The van der Waals surface area contributed by atoms with Crippen LogP contribution >= 0.6 is 0 Å². The molecule has 0 aliphatic heterocycles. The van der Waals surface area contributed by atoms with Crippen LogP contribution in [0, 0.1) is 5.92 Å². The number of rotatable bonds is 4. The van der Waals surface area contributed by atoms with E-state index < -0.39 is 0 Å². The van der Waals surface area contributed by atoms with Crippen molar-refractivity contribution in [1.82, 2.24) is 14.9 Å². The zero-order chi connectivity index (χ0) is 14.7. The molecule has 0 saturated heterocycles. The molecular weight excluding hydrogens is 266 g/mol. The van der Waals surface area contributed by atoms with E-state index in [1.807, 2.05) is 30.3 Å². The maximum absolute atomic E-state index is 12.5. The fraction of sp³-hybridized carbons (Fsp3) is 0.375. The van der Waals surface area contributed by atoms with Gasteiger partial charge in [0.05, 0.1) is 12.5 Å². The van der Waals surface area contributed by atoms with E-state index in [0.29, 0.717) is 5.69 Å². The number of carbonyl (C=O) groups excluding carboxylic acids is 1. The van der Waals surface area contributed by atoms with Crippen LogP contribution in [0.15, 0.2) is 42.9 Å². The Morgan fingerprint density at radius 1 is 1.33 bits per heavy atom. The van der Waals surface area contributed by atoms with Crippen molar-refractivity contribution in [3.63, 3.8) is 0 Å². The second-order valence-electron chi connectivity index (χ2n) is 5.44. The molecule has 2 atom stereocenters. The van der Waals surface area contributed by atoms with Crippen LogP contribution in [0.4, 0.5) is 0 Å². The molecule has 1 amide bonds. The van der Waals surface area contributed by atoms with Gasteiger partial charge in [-0.25, -0.2) is 4.98 Å². The van der Waals surface area contributed by atoms with Crippen LogP contribution in [-0.2, 0) is 0 Å². The van der Waals surface area contributed by atoms with Crippen molar-refractivity contribution in [2.45, 2.75) is 25.3 Å². The summed E-state index contributed by atoms with van der Waals surface area (Å²) in [6, 6.07) is 9.72. The molecule has 1 aromatic heterocycles. The lowest BCUT2D eigenvalue weighted by Gasteiger charge is -2.19. The summed E-state index contributed by atoms with van der Waals surface area (Å²) in [7, 11) is 0. The lowest BCUT2D eigenvalue weighted by atomic mass is 10.1. The number of hydrogen-bond donors (Lipinski definition) is 2. The number of amides is 1. The molecule has 2 aromatic rings. The van der Waals surface area contributed by atoms with E-state index in [4.69, 9.17) is 0 Å². The Morgan fingerprint density at radius 3 is 2.90 bits per heavy atom. The molecule has 3 rings (SSSR count). The lowest BCUT2D eigenvalue weighted by Crippen LogP contribution is -2.39. The fourth-order valence-corrected chi connectivity index (χ4v) is 2.95. The fourth-order valence-electron chi connectivity index (χ4n) is 2.95. The van der Waals surface area contributed by atoms with Crippen LogP contribution in [0.3, 0.4) is 0 Å². The summed E-state index contributed by atoms with van der Waals surface area (Å²) >= 11 is 0. The molecule has 1 saturated carbocycles. The average molecular weight is 285 g/mol. The van der Waals surface area contributed by atoms with Gasteiger partial charge in [0.1, 0.15) is 5.69 Å². The number of nitrogens with zero attached hydrogens (tertiary/aromatic N) is 2. The molecule has 1 fully saturated rings. The van der Waals surface area contributed by atoms with Crippen molar-refractivity contribution < 1.29 is 9.90 Å². The zero-order valence-corrected chi connectivity index (χ0v) is 11.8. The van der Waals surface area contributed by atoms with Crippen LogP contribution < -0.4 is 5.32 Å². The molecule has 1 aliphatic rings. The number of imidazole rings is 1. The molecule has 2 unspecified atom stereocenters. The van der Waals surface area contributed by atoms with Gasteiger partial charge < -0.3 is 10.4 Å². The number of benzene rings is 1. The van der Waals surface area contributed by atoms with Gasteiger partial charge in [-0.2, -0.15) is 0 Å². The Kier molecular flexibility index (Phi) is 4.01. The van der Waals surface area contributed by atoms with Crippen molar-refractivity contribution >= 4 is 5.91 Å². The largest absolute Gasteiger partial charge is 0.396 e. The van der Waals surface area contributed by atoms with Crippen LogP contribution in [0.25, 0.3) is 5.69 Å². The average Bonchev–Trinajstić information content (AvgIpc) is 3.16. The minimum atomic E-state index is -0.137. The molecule has 2 N–H and O–H groups in total. The van der Waals surface area contributed by atoms with Gasteiger partial charge in [0.15, 0.2) is 0 Å². The van der Waals surface area contributed by atoms with Crippen LogP contribution in [0.1, 0.15) is 29.8 Å². The highest BCUT2D eigenvalue weighted by atomic mass is 16.3. The van der Waals surface area contributed by atoms with Gasteiger partial charge in [-0.1, -0.05) is 24.6 Å². The maximum atomic E-state index is 12.5. The third-order valence-corrected chi connectivity index (χ3v) is 4.12. The third-order valence-electron chi connectivity index (χ3n) is 4.12. The minimum Gasteiger partial charge on any atom is -0.396 e. The number of para-hydroxylation sites is 1. The highest BCUT2D eigenvalue weighted by Gasteiger charge is 2.28. The van der Waals surface area contributed by atoms with Crippen LogP contribution in [0.2, 0.25) is 0 Å². The number of carbonyl (C=O) groups is 1. The molecule has 0 bridgehead atoms. The first-order valence-corrected chi connectivity index (χ1v) is 7.29. The van der Waals surface area contributed by atoms with Gasteiger partial charge in [0.2, 0.25) is 0 Å². The van der Waals surface area contributed by atoms with Crippen molar-refractivity contribution in [3.05, 3.63) is 48.5 Å². The van der Waals surface area contributed by atoms with Gasteiger partial charge >= 0.3 is 0 Å². The molecule has 0 spiro atoms. The molecule has 21 heavy (non-hydrogen) atoms. The summed E-state index contributed by atoms with van der Waals surface area (Å²) < 4.78 is 1.78. The Bertz CT molecular complexity index is 609. The molecule has 110 valence electrons. The predicted molar refractivity (Wildman–Crippen MR) is 79.2 cm³/mol.